The molecular formula is C30H37N3O3. The van der Waals surface area contributed by atoms with Gasteiger partial charge in [-0.1, -0.05) is 71.9 Å². The highest BCUT2D eigenvalue weighted by Crippen LogP contribution is 2.32. The first kappa shape index (κ1) is 28.2. The number of imidazole rings is 1. The van der Waals surface area contributed by atoms with Crippen LogP contribution in [0.2, 0.25) is 0 Å². The maximum absolute atomic E-state index is 12.7. The zero-order chi connectivity index (χ0) is 26.3. The molecule has 2 heterocycles. The smallest absolute Gasteiger partial charge is 0.230 e. The van der Waals surface area contributed by atoms with Gasteiger partial charge in [-0.05, 0) is 42.0 Å². The Labute approximate surface area is 214 Å². The lowest BCUT2D eigenvalue weighted by atomic mass is 10.2. The van der Waals surface area contributed by atoms with Crippen LogP contribution in [0.1, 0.15) is 52.8 Å². The van der Waals surface area contributed by atoms with Crippen LogP contribution in [0.25, 0.3) is 0 Å². The minimum Gasteiger partial charge on any atom is -0.457 e. The Morgan fingerprint density at radius 3 is 2.17 bits per heavy atom. The van der Waals surface area contributed by atoms with Gasteiger partial charge in [0.1, 0.15) is 17.2 Å². The van der Waals surface area contributed by atoms with E-state index < -0.39 is 0 Å². The van der Waals surface area contributed by atoms with Gasteiger partial charge in [0.25, 0.3) is 0 Å². The van der Waals surface area contributed by atoms with Crippen molar-refractivity contribution in [1.82, 2.24) is 9.55 Å². The summed E-state index contributed by atoms with van der Waals surface area (Å²) in [7, 11) is 0. The number of aromatic nitrogens is 2. The van der Waals surface area contributed by atoms with Crippen molar-refractivity contribution in [3.05, 3.63) is 96.6 Å². The van der Waals surface area contributed by atoms with E-state index in [9.17, 15) is 4.79 Å². The Bertz CT molecular complexity index is 1220. The average Bonchev–Trinajstić information content (AvgIpc) is 3.35. The largest absolute Gasteiger partial charge is 0.457 e. The molecule has 6 heteroatoms. The van der Waals surface area contributed by atoms with E-state index in [2.05, 4.69) is 10.3 Å². The zero-order valence-corrected chi connectivity index (χ0v) is 22.1. The number of hydrogen-bond acceptors (Lipinski definition) is 4. The molecule has 1 aliphatic rings. The van der Waals surface area contributed by atoms with Crippen molar-refractivity contribution in [1.29, 1.82) is 0 Å². The first-order valence-corrected chi connectivity index (χ1v) is 12.7. The third-order valence-corrected chi connectivity index (χ3v) is 4.82. The number of carbonyl (C=O) groups is 1. The van der Waals surface area contributed by atoms with Gasteiger partial charge >= 0.3 is 0 Å². The maximum atomic E-state index is 12.7. The van der Waals surface area contributed by atoms with E-state index in [1.807, 2.05) is 119 Å². The number of hydrogen-bond donors (Lipinski definition) is 1. The average molecular weight is 488 g/mol. The number of benzene rings is 3. The fourth-order valence-corrected chi connectivity index (χ4v) is 3.42. The van der Waals surface area contributed by atoms with Crippen LogP contribution < -0.4 is 14.8 Å². The van der Waals surface area contributed by atoms with Gasteiger partial charge in [0.15, 0.2) is 5.75 Å². The van der Waals surface area contributed by atoms with Crippen molar-refractivity contribution in [3.63, 3.8) is 0 Å². The van der Waals surface area contributed by atoms with Crippen molar-refractivity contribution in [2.45, 2.75) is 54.5 Å². The highest BCUT2D eigenvalue weighted by Gasteiger charge is 2.13. The normalized spacial score (nSPS) is 11.6. The van der Waals surface area contributed by atoms with Crippen LogP contribution in [-0.4, -0.2) is 15.5 Å². The van der Waals surface area contributed by atoms with Gasteiger partial charge < -0.3 is 19.4 Å². The Kier molecular flexibility index (Phi) is 11.8. The van der Waals surface area contributed by atoms with E-state index in [0.717, 1.165) is 17.0 Å². The van der Waals surface area contributed by atoms with E-state index in [1.54, 1.807) is 12.5 Å². The molecule has 1 aromatic heterocycles. The molecule has 0 fully saturated rings. The van der Waals surface area contributed by atoms with Crippen LogP contribution in [0.5, 0.6) is 23.0 Å². The molecule has 0 aliphatic carbocycles. The van der Waals surface area contributed by atoms with Crippen molar-refractivity contribution in [2.75, 3.05) is 5.32 Å². The zero-order valence-electron chi connectivity index (χ0n) is 22.1. The minimum absolute atomic E-state index is 0.134. The van der Waals surface area contributed by atoms with Gasteiger partial charge in [-0.25, -0.2) is 4.98 Å². The Hall–Kier alpha value is -4.06. The second-order valence-corrected chi connectivity index (χ2v) is 7.06. The maximum Gasteiger partial charge on any atom is 0.230 e. The van der Waals surface area contributed by atoms with E-state index in [-0.39, 0.29) is 12.3 Å². The lowest BCUT2D eigenvalue weighted by Gasteiger charge is -2.15. The first-order chi connectivity index (χ1) is 17.7. The summed E-state index contributed by atoms with van der Waals surface area (Å²) in [6.45, 7) is 12.6. The predicted molar refractivity (Wildman–Crippen MR) is 147 cm³/mol. The number of amides is 1. The van der Waals surface area contributed by atoms with Gasteiger partial charge in [0.2, 0.25) is 5.91 Å². The highest BCUT2D eigenvalue weighted by molar-refractivity contribution is 5.93. The van der Waals surface area contributed by atoms with Crippen LogP contribution in [0.4, 0.5) is 5.69 Å². The number of para-hydroxylation sites is 2. The van der Waals surface area contributed by atoms with Crippen LogP contribution in [0.3, 0.4) is 0 Å². The van der Waals surface area contributed by atoms with Crippen molar-refractivity contribution < 1.29 is 14.3 Å². The summed E-state index contributed by atoms with van der Waals surface area (Å²) >= 11 is 0. The molecule has 5 rings (SSSR count). The summed E-state index contributed by atoms with van der Waals surface area (Å²) in [6.07, 6.45) is 3.66. The summed E-state index contributed by atoms with van der Waals surface area (Å²) < 4.78 is 14.1. The molecule has 0 saturated heterocycles. The van der Waals surface area contributed by atoms with E-state index >= 15 is 0 Å². The molecule has 0 unspecified atom stereocenters. The van der Waals surface area contributed by atoms with Gasteiger partial charge in [0, 0.05) is 24.5 Å². The third-order valence-electron chi connectivity index (χ3n) is 4.82. The van der Waals surface area contributed by atoms with Crippen LogP contribution >= 0.6 is 0 Å². The van der Waals surface area contributed by atoms with Crippen molar-refractivity contribution in [3.8, 4) is 23.0 Å². The third kappa shape index (κ3) is 7.73. The standard InChI is InChI=1S/C24H19N3O3.3C2H6/c28-24-12-18-14-25-16-27(18)15-17-5-3-6-19(11-17)29-20-7-4-8-21(13-20)30-23-10-2-1-9-22(23)26-24;3*1-2/h1-11,13-14,16H,12,15H2,(H,26,28);3*1-2H3. The number of rotatable bonds is 0. The molecule has 36 heavy (non-hydrogen) atoms. The minimum atomic E-state index is -0.134. The molecular weight excluding hydrogens is 450 g/mol. The lowest BCUT2D eigenvalue weighted by Crippen LogP contribution is -2.17. The molecule has 0 radical (unpaired) electrons. The second kappa shape index (κ2) is 15.0. The van der Waals surface area contributed by atoms with Gasteiger partial charge in [-0.15, -0.1) is 0 Å². The van der Waals surface area contributed by atoms with E-state index in [0.29, 0.717) is 29.5 Å². The van der Waals surface area contributed by atoms with Crippen molar-refractivity contribution >= 4 is 11.6 Å². The Morgan fingerprint density at radius 2 is 1.42 bits per heavy atom. The number of carbonyl (C=O) groups excluding carboxylic acids is 1. The van der Waals surface area contributed by atoms with Gasteiger partial charge in [-0.2, -0.15) is 0 Å². The fourth-order valence-electron chi connectivity index (χ4n) is 3.42. The topological polar surface area (TPSA) is 65.4 Å². The number of anilines is 1. The summed E-state index contributed by atoms with van der Waals surface area (Å²) in [5, 5.41) is 2.95. The van der Waals surface area contributed by atoms with Crippen LogP contribution in [0, 0.1) is 0 Å². The highest BCUT2D eigenvalue weighted by atomic mass is 16.5. The van der Waals surface area contributed by atoms with Crippen LogP contribution in [0.15, 0.2) is 85.3 Å². The van der Waals surface area contributed by atoms with Gasteiger partial charge in [-0.3, -0.25) is 4.79 Å². The molecule has 1 N–H and O–H groups in total. The summed E-state index contributed by atoms with van der Waals surface area (Å²) in [5.74, 6) is 2.45. The van der Waals surface area contributed by atoms with E-state index in [1.165, 1.54) is 0 Å². The van der Waals surface area contributed by atoms with Crippen LogP contribution in [-0.2, 0) is 17.8 Å². The molecule has 0 saturated carbocycles. The fraction of sp³-hybridized carbons (Fsp3) is 0.267. The molecule has 0 spiro atoms. The number of ether oxygens (including phenoxy) is 2. The number of nitrogens with one attached hydrogen (secondary N) is 1. The number of fused-ring (bicyclic) bond motifs is 6. The number of nitrogens with zero attached hydrogens (tertiary/aromatic N) is 2. The predicted octanol–water partition coefficient (Wildman–Crippen LogP) is 8.09. The first-order valence-electron chi connectivity index (χ1n) is 12.7. The molecule has 4 bridgehead atoms. The molecule has 190 valence electrons. The molecule has 4 aromatic rings. The quantitative estimate of drug-likeness (QED) is 0.272. The summed E-state index contributed by atoms with van der Waals surface area (Å²) in [6, 6.07) is 22.7. The van der Waals surface area contributed by atoms with E-state index in [4.69, 9.17) is 9.47 Å². The molecule has 3 aromatic carbocycles. The van der Waals surface area contributed by atoms with Gasteiger partial charge in [0.05, 0.1) is 18.4 Å². The Morgan fingerprint density at radius 1 is 0.778 bits per heavy atom. The Balaban J connectivity index is 0.000000710. The monoisotopic (exact) mass is 487 g/mol. The molecule has 1 amide bonds. The summed E-state index contributed by atoms with van der Waals surface area (Å²) in [5.41, 5.74) is 2.49. The molecule has 1 aliphatic heterocycles. The molecule has 0 atom stereocenters. The summed E-state index contributed by atoms with van der Waals surface area (Å²) in [4.78, 5) is 17.0. The SMILES string of the molecule is CC.CC.CC.O=C1Cc2cncn2Cc2cccc(c2)Oc2cccc(c2)Oc2ccccc2N1. The lowest BCUT2D eigenvalue weighted by molar-refractivity contribution is -0.115. The van der Waals surface area contributed by atoms with Crippen molar-refractivity contribution in [2.24, 2.45) is 0 Å². The molecule has 6 nitrogen and oxygen atoms in total. The second-order valence-electron chi connectivity index (χ2n) is 7.06.